The molecule has 1 fully saturated rings. The molecule has 4 aromatic rings. The van der Waals surface area contributed by atoms with E-state index in [1.807, 2.05) is 24.3 Å². The largest absolute Gasteiger partial charge is 0.480 e. The highest BCUT2D eigenvalue weighted by molar-refractivity contribution is 6.01. The van der Waals surface area contributed by atoms with Crippen molar-refractivity contribution in [2.24, 2.45) is 5.73 Å². The Labute approximate surface area is 216 Å². The van der Waals surface area contributed by atoms with Gasteiger partial charge in [0.05, 0.1) is 22.2 Å². The summed E-state index contributed by atoms with van der Waals surface area (Å²) in [5, 5.41) is 6.95. The molecule has 1 aliphatic heterocycles. The van der Waals surface area contributed by atoms with Crippen LogP contribution in [0.1, 0.15) is 17.3 Å². The van der Waals surface area contributed by atoms with Crippen LogP contribution in [0.15, 0.2) is 54.7 Å². The van der Waals surface area contributed by atoms with E-state index in [1.165, 1.54) is 6.07 Å². The van der Waals surface area contributed by atoms with Crippen LogP contribution in [0.5, 0.6) is 5.75 Å². The van der Waals surface area contributed by atoms with Crippen molar-refractivity contribution in [3.63, 3.8) is 0 Å². The molecule has 1 atom stereocenters. The topological polar surface area (TPSA) is 126 Å². The summed E-state index contributed by atoms with van der Waals surface area (Å²) in [6, 6.07) is 14.1. The molecule has 9 nitrogen and oxygen atoms in total. The normalized spacial score (nSPS) is 15.1. The van der Waals surface area contributed by atoms with Crippen molar-refractivity contribution >= 4 is 34.1 Å². The Bertz CT molecular complexity index is 1470. The average molecular weight is 526 g/mol. The fourth-order valence-electron chi connectivity index (χ4n) is 4.56. The fraction of sp³-hybridized carbons (Fsp3) is 0.269. The number of ether oxygens (including phenoxy) is 1. The van der Waals surface area contributed by atoms with Crippen molar-refractivity contribution in [1.82, 2.24) is 15.2 Å². The summed E-state index contributed by atoms with van der Waals surface area (Å²) in [6.45, 7) is 3.54. The molecule has 0 spiro atoms. The summed E-state index contributed by atoms with van der Waals surface area (Å²) < 4.78 is 45.1. The molecule has 2 aromatic carbocycles. The number of aromatic amines is 1. The number of piperazine rings is 1. The number of anilines is 3. The Balaban J connectivity index is 1.50. The van der Waals surface area contributed by atoms with Crippen molar-refractivity contribution in [2.75, 3.05) is 41.7 Å². The maximum atomic E-state index is 13.3. The van der Waals surface area contributed by atoms with E-state index in [2.05, 4.69) is 25.0 Å². The van der Waals surface area contributed by atoms with Gasteiger partial charge < -0.3 is 26.0 Å². The predicted molar refractivity (Wildman–Crippen MR) is 139 cm³/mol. The Kier molecular flexibility index (Phi) is 6.47. The number of aromatic nitrogens is 3. The van der Waals surface area contributed by atoms with Gasteiger partial charge in [-0.15, -0.1) is 0 Å². The Morgan fingerprint density at radius 1 is 1.05 bits per heavy atom. The van der Waals surface area contributed by atoms with Gasteiger partial charge in [-0.2, -0.15) is 18.3 Å². The zero-order valence-electron chi connectivity index (χ0n) is 20.5. The number of nitrogens with one attached hydrogen (secondary N) is 1. The van der Waals surface area contributed by atoms with Crippen LogP contribution in [-0.4, -0.2) is 59.5 Å². The van der Waals surface area contributed by atoms with Gasteiger partial charge in [-0.1, -0.05) is 12.1 Å². The predicted octanol–water partition coefficient (Wildman–Crippen LogP) is 3.96. The highest BCUT2D eigenvalue weighted by Gasteiger charge is 2.38. The Hall–Kier alpha value is -4.48. The molecule has 12 heteroatoms. The Morgan fingerprint density at radius 2 is 1.79 bits per heavy atom. The zero-order valence-corrected chi connectivity index (χ0v) is 20.5. The first-order chi connectivity index (χ1) is 18.1. The quantitative estimate of drug-likeness (QED) is 0.348. The lowest BCUT2D eigenvalue weighted by Gasteiger charge is -2.37. The first-order valence-corrected chi connectivity index (χ1v) is 12.0. The van der Waals surface area contributed by atoms with Crippen LogP contribution in [0.25, 0.3) is 22.0 Å². The van der Waals surface area contributed by atoms with E-state index in [-0.39, 0.29) is 17.0 Å². The number of pyridine rings is 1. The van der Waals surface area contributed by atoms with Crippen LogP contribution < -0.4 is 26.0 Å². The minimum Gasteiger partial charge on any atom is -0.480 e. The van der Waals surface area contributed by atoms with Crippen LogP contribution in [0.3, 0.4) is 0 Å². The van der Waals surface area contributed by atoms with Crippen LogP contribution in [0.2, 0.25) is 0 Å². The van der Waals surface area contributed by atoms with Crippen molar-refractivity contribution in [3.05, 3.63) is 60.3 Å². The molecule has 0 saturated carbocycles. The Morgan fingerprint density at radius 3 is 2.45 bits per heavy atom. The molecule has 198 valence electrons. The maximum absolute atomic E-state index is 13.3. The second kappa shape index (κ2) is 9.77. The number of hydrogen-bond acceptors (Lipinski definition) is 7. The minimum absolute atomic E-state index is 0.0338. The number of nitrogens with two attached hydrogens (primary N) is 2. The second-order valence-corrected chi connectivity index (χ2v) is 9.07. The number of H-pyrrole nitrogens is 1. The van der Waals surface area contributed by atoms with Crippen LogP contribution >= 0.6 is 0 Å². The number of carbonyl (C=O) groups excluding carboxylic acids is 1. The molecule has 1 aliphatic rings. The zero-order chi connectivity index (χ0) is 27.0. The van der Waals surface area contributed by atoms with Gasteiger partial charge in [0.2, 0.25) is 0 Å². The summed E-state index contributed by atoms with van der Waals surface area (Å²) in [4.78, 5) is 20.9. The molecule has 1 amide bonds. The molecular formula is C26H26F3N7O2. The lowest BCUT2D eigenvalue weighted by atomic mass is 9.99. The third kappa shape index (κ3) is 4.89. The standard InChI is InChI=1S/C26H26F3N7O2/c1-15(26(27,28)29)38-21-14-17(12-19-23(21)24(30)34-33-19)16-5-6-18(25(31)37)20(13-16)35-8-10-36(11-9-35)22-4-2-3-7-32-22/h2-7,12-15H,8-11H2,1H3,(H2,31,37)(H3,30,33,34). The van der Waals surface area contributed by atoms with Gasteiger partial charge in [-0.3, -0.25) is 9.89 Å². The smallest absolute Gasteiger partial charge is 0.425 e. The molecule has 2 aromatic heterocycles. The number of primary amides is 1. The lowest BCUT2D eigenvalue weighted by Crippen LogP contribution is -2.47. The first-order valence-electron chi connectivity index (χ1n) is 12.0. The molecule has 5 rings (SSSR count). The molecular weight excluding hydrogens is 499 g/mol. The fourth-order valence-corrected chi connectivity index (χ4v) is 4.56. The maximum Gasteiger partial charge on any atom is 0.425 e. The highest BCUT2D eigenvalue weighted by Crippen LogP contribution is 2.38. The third-order valence-electron chi connectivity index (χ3n) is 6.61. The molecule has 38 heavy (non-hydrogen) atoms. The highest BCUT2D eigenvalue weighted by atomic mass is 19.4. The third-order valence-corrected chi connectivity index (χ3v) is 6.61. The number of benzene rings is 2. The van der Waals surface area contributed by atoms with Crippen LogP contribution in [0, 0.1) is 0 Å². The first kappa shape index (κ1) is 25.2. The van der Waals surface area contributed by atoms with Crippen molar-refractivity contribution < 1.29 is 22.7 Å². The number of fused-ring (bicyclic) bond motifs is 1. The molecule has 1 saturated heterocycles. The molecule has 0 radical (unpaired) electrons. The van der Waals surface area contributed by atoms with Crippen LogP contribution in [-0.2, 0) is 0 Å². The monoisotopic (exact) mass is 525 g/mol. The number of rotatable bonds is 6. The number of nitrogen functional groups attached to an aromatic ring is 1. The van der Waals surface area contributed by atoms with E-state index in [0.29, 0.717) is 54.1 Å². The summed E-state index contributed by atoms with van der Waals surface area (Å²) in [7, 11) is 0. The van der Waals surface area contributed by atoms with Gasteiger partial charge in [0.15, 0.2) is 11.9 Å². The van der Waals surface area contributed by atoms with Gasteiger partial charge in [-0.25, -0.2) is 4.98 Å². The van der Waals surface area contributed by atoms with E-state index in [9.17, 15) is 18.0 Å². The minimum atomic E-state index is -4.56. The second-order valence-electron chi connectivity index (χ2n) is 9.07. The van der Waals surface area contributed by atoms with E-state index in [4.69, 9.17) is 16.2 Å². The number of amides is 1. The average Bonchev–Trinajstić information content (AvgIpc) is 3.29. The van der Waals surface area contributed by atoms with E-state index in [0.717, 1.165) is 12.7 Å². The number of alkyl halides is 3. The molecule has 0 bridgehead atoms. The molecule has 5 N–H and O–H groups in total. The summed E-state index contributed by atoms with van der Waals surface area (Å²) in [5.74, 6) is 0.298. The van der Waals surface area contributed by atoms with Crippen molar-refractivity contribution in [3.8, 4) is 16.9 Å². The number of hydrogen-bond donors (Lipinski definition) is 3. The van der Waals surface area contributed by atoms with Gasteiger partial charge >= 0.3 is 6.18 Å². The van der Waals surface area contributed by atoms with Gasteiger partial charge in [0, 0.05) is 32.4 Å². The van der Waals surface area contributed by atoms with Crippen molar-refractivity contribution in [2.45, 2.75) is 19.2 Å². The van der Waals surface area contributed by atoms with E-state index in [1.54, 1.807) is 24.4 Å². The SMILES string of the molecule is CC(Oc1cc(-c2ccc(C(N)=O)c(N3CCN(c4ccccn4)CC3)c2)cc2[nH]nc(N)c12)C(F)(F)F. The molecule has 1 unspecified atom stereocenters. The van der Waals surface area contributed by atoms with E-state index >= 15 is 0 Å². The van der Waals surface area contributed by atoms with Crippen LogP contribution in [0.4, 0.5) is 30.5 Å². The molecule has 0 aliphatic carbocycles. The number of carbonyl (C=O) groups is 1. The summed E-state index contributed by atoms with van der Waals surface area (Å²) in [6.07, 6.45) is -4.87. The summed E-state index contributed by atoms with van der Waals surface area (Å²) in [5.41, 5.74) is 14.2. The molecule has 3 heterocycles. The van der Waals surface area contributed by atoms with E-state index < -0.39 is 18.2 Å². The van der Waals surface area contributed by atoms with Gasteiger partial charge in [-0.05, 0) is 54.4 Å². The van der Waals surface area contributed by atoms with Crippen molar-refractivity contribution in [1.29, 1.82) is 0 Å². The van der Waals surface area contributed by atoms with Gasteiger partial charge in [0.25, 0.3) is 5.91 Å². The summed E-state index contributed by atoms with van der Waals surface area (Å²) >= 11 is 0. The number of halogens is 3. The lowest BCUT2D eigenvalue weighted by molar-refractivity contribution is -0.188. The van der Waals surface area contributed by atoms with Gasteiger partial charge in [0.1, 0.15) is 11.6 Å². The number of nitrogens with zero attached hydrogens (tertiary/aromatic N) is 4.